The summed E-state index contributed by atoms with van der Waals surface area (Å²) in [5, 5.41) is 9.64. The van der Waals surface area contributed by atoms with Crippen molar-refractivity contribution in [2.45, 2.75) is 13.8 Å². The van der Waals surface area contributed by atoms with Crippen LogP contribution in [-0.2, 0) is 0 Å². The van der Waals surface area contributed by atoms with Gasteiger partial charge in [0.05, 0.1) is 0 Å². The monoisotopic (exact) mass is 161 g/mol. The van der Waals surface area contributed by atoms with Crippen molar-refractivity contribution in [3.63, 3.8) is 0 Å². The van der Waals surface area contributed by atoms with E-state index in [2.05, 4.69) is 0 Å². The quantitative estimate of drug-likeness (QED) is 0.707. The highest BCUT2D eigenvalue weighted by molar-refractivity contribution is 5.36. The zero-order valence-electron chi connectivity index (χ0n) is 7.41. The van der Waals surface area contributed by atoms with Crippen molar-refractivity contribution in [1.29, 1.82) is 0 Å². The van der Waals surface area contributed by atoms with E-state index in [1.807, 2.05) is 50.3 Å². The molecule has 0 saturated carbocycles. The largest absolute Gasteiger partial charge is 0.377 e. The van der Waals surface area contributed by atoms with Gasteiger partial charge in [-0.15, -0.1) is 0 Å². The first-order valence-electron chi connectivity index (χ1n) is 4.00. The standard InChI is InChI=1S/C11H13O/c1-3-9(2)11(12)10-7-5-4-6-8-10/h3-8,12H,1-2H3/b9-3+. The molecule has 0 aliphatic heterocycles. The third kappa shape index (κ3) is 1.95. The molecule has 12 heavy (non-hydrogen) atoms. The summed E-state index contributed by atoms with van der Waals surface area (Å²) in [5.41, 5.74) is 1.77. The van der Waals surface area contributed by atoms with Crippen LogP contribution in [0.25, 0.3) is 0 Å². The zero-order chi connectivity index (χ0) is 8.97. The van der Waals surface area contributed by atoms with Crippen LogP contribution in [0.15, 0.2) is 42.0 Å². The molecule has 0 spiro atoms. The SMILES string of the molecule is C/C=C(\C)[C](O)c1ccccc1. The Bertz CT molecular complexity index is 262. The summed E-state index contributed by atoms with van der Waals surface area (Å²) in [6.45, 7) is 3.80. The maximum Gasteiger partial charge on any atom is 0.147 e. The predicted octanol–water partition coefficient (Wildman–Crippen LogP) is 2.91. The van der Waals surface area contributed by atoms with Gasteiger partial charge in [0.15, 0.2) is 0 Å². The van der Waals surface area contributed by atoms with Crippen molar-refractivity contribution in [2.24, 2.45) is 0 Å². The molecule has 1 heteroatoms. The molecule has 0 aliphatic rings. The fourth-order valence-electron chi connectivity index (χ4n) is 0.960. The Kier molecular flexibility index (Phi) is 3.06. The summed E-state index contributed by atoms with van der Waals surface area (Å²) < 4.78 is 0. The van der Waals surface area contributed by atoms with Crippen molar-refractivity contribution >= 4 is 0 Å². The first-order valence-corrected chi connectivity index (χ1v) is 4.00. The number of benzene rings is 1. The molecule has 1 aromatic rings. The van der Waals surface area contributed by atoms with Crippen LogP contribution in [-0.4, -0.2) is 5.11 Å². The second-order valence-electron chi connectivity index (χ2n) is 2.69. The third-order valence-electron chi connectivity index (χ3n) is 1.85. The second-order valence-corrected chi connectivity index (χ2v) is 2.69. The van der Waals surface area contributed by atoms with E-state index in [0.29, 0.717) is 6.10 Å². The maximum absolute atomic E-state index is 9.64. The summed E-state index contributed by atoms with van der Waals surface area (Å²) in [5.74, 6) is 0. The summed E-state index contributed by atoms with van der Waals surface area (Å²) in [4.78, 5) is 0. The van der Waals surface area contributed by atoms with Gasteiger partial charge in [-0.05, 0) is 25.0 Å². The summed E-state index contributed by atoms with van der Waals surface area (Å²) in [6, 6.07) is 9.54. The topological polar surface area (TPSA) is 20.2 Å². The zero-order valence-corrected chi connectivity index (χ0v) is 7.41. The number of hydrogen-bond acceptors (Lipinski definition) is 1. The van der Waals surface area contributed by atoms with Gasteiger partial charge in [-0.25, -0.2) is 0 Å². The Morgan fingerprint density at radius 2 is 1.83 bits per heavy atom. The molecular weight excluding hydrogens is 148 g/mol. The minimum Gasteiger partial charge on any atom is -0.377 e. The van der Waals surface area contributed by atoms with E-state index in [4.69, 9.17) is 0 Å². The van der Waals surface area contributed by atoms with Crippen molar-refractivity contribution < 1.29 is 5.11 Å². The maximum atomic E-state index is 9.64. The molecule has 0 fully saturated rings. The van der Waals surface area contributed by atoms with Crippen molar-refractivity contribution in [2.75, 3.05) is 0 Å². The first-order chi connectivity index (χ1) is 5.75. The van der Waals surface area contributed by atoms with Gasteiger partial charge in [0.2, 0.25) is 0 Å². The average molecular weight is 161 g/mol. The fourth-order valence-corrected chi connectivity index (χ4v) is 0.960. The highest BCUT2D eigenvalue weighted by Gasteiger charge is 2.08. The normalized spacial score (nSPS) is 12.2. The smallest absolute Gasteiger partial charge is 0.147 e. The van der Waals surface area contributed by atoms with Crippen molar-refractivity contribution in [3.8, 4) is 0 Å². The lowest BCUT2D eigenvalue weighted by Crippen LogP contribution is -1.98. The lowest BCUT2D eigenvalue weighted by Gasteiger charge is -2.08. The molecule has 0 bridgehead atoms. The van der Waals surface area contributed by atoms with Crippen LogP contribution in [0.1, 0.15) is 19.4 Å². The van der Waals surface area contributed by atoms with Crippen LogP contribution in [0, 0.1) is 6.10 Å². The van der Waals surface area contributed by atoms with Gasteiger partial charge in [-0.1, -0.05) is 36.4 Å². The lowest BCUT2D eigenvalue weighted by molar-refractivity contribution is 0.352. The Balaban J connectivity index is 2.86. The van der Waals surface area contributed by atoms with Gasteiger partial charge in [0, 0.05) is 0 Å². The van der Waals surface area contributed by atoms with Crippen LogP contribution in [0.2, 0.25) is 0 Å². The Morgan fingerprint density at radius 1 is 1.25 bits per heavy atom. The number of aliphatic hydroxyl groups is 1. The number of aliphatic hydroxyl groups excluding tert-OH is 1. The Morgan fingerprint density at radius 3 is 2.33 bits per heavy atom. The first kappa shape index (κ1) is 9.01. The van der Waals surface area contributed by atoms with Gasteiger partial charge in [0.1, 0.15) is 6.10 Å². The molecule has 0 aromatic heterocycles. The van der Waals surface area contributed by atoms with Crippen LogP contribution in [0.4, 0.5) is 0 Å². The molecule has 0 saturated heterocycles. The van der Waals surface area contributed by atoms with E-state index >= 15 is 0 Å². The highest BCUT2D eigenvalue weighted by Crippen LogP contribution is 2.18. The van der Waals surface area contributed by atoms with Gasteiger partial charge >= 0.3 is 0 Å². The van der Waals surface area contributed by atoms with Gasteiger partial charge < -0.3 is 5.11 Å². The van der Waals surface area contributed by atoms with Crippen LogP contribution in [0.5, 0.6) is 0 Å². The summed E-state index contributed by atoms with van der Waals surface area (Å²) >= 11 is 0. The molecule has 0 aliphatic carbocycles. The molecule has 1 nitrogen and oxygen atoms in total. The summed E-state index contributed by atoms with van der Waals surface area (Å²) in [7, 11) is 0. The van der Waals surface area contributed by atoms with Gasteiger partial charge in [-0.3, -0.25) is 0 Å². The van der Waals surface area contributed by atoms with E-state index in [1.54, 1.807) is 0 Å². The minimum atomic E-state index is 0.359. The average Bonchev–Trinajstić information content (AvgIpc) is 2.17. The third-order valence-corrected chi connectivity index (χ3v) is 1.85. The molecule has 1 N–H and O–H groups in total. The Labute approximate surface area is 73.4 Å². The molecule has 1 rings (SSSR count). The molecule has 0 amide bonds. The molecule has 0 heterocycles. The number of hydrogen-bond donors (Lipinski definition) is 1. The molecule has 63 valence electrons. The molecule has 0 unspecified atom stereocenters. The predicted molar refractivity (Wildman–Crippen MR) is 50.2 cm³/mol. The second kappa shape index (κ2) is 4.07. The van der Waals surface area contributed by atoms with E-state index in [1.165, 1.54) is 0 Å². The van der Waals surface area contributed by atoms with E-state index in [-0.39, 0.29) is 0 Å². The van der Waals surface area contributed by atoms with Crippen LogP contribution < -0.4 is 0 Å². The molecule has 0 atom stereocenters. The van der Waals surface area contributed by atoms with Crippen molar-refractivity contribution in [3.05, 3.63) is 53.6 Å². The minimum absolute atomic E-state index is 0.359. The van der Waals surface area contributed by atoms with E-state index < -0.39 is 0 Å². The molecule has 1 radical (unpaired) electrons. The lowest BCUT2D eigenvalue weighted by atomic mass is 10.0. The molecule has 1 aromatic carbocycles. The van der Waals surface area contributed by atoms with Gasteiger partial charge in [0.25, 0.3) is 0 Å². The van der Waals surface area contributed by atoms with E-state index in [9.17, 15) is 5.11 Å². The highest BCUT2D eigenvalue weighted by atomic mass is 16.3. The van der Waals surface area contributed by atoms with E-state index in [0.717, 1.165) is 11.1 Å². The van der Waals surface area contributed by atoms with Crippen molar-refractivity contribution in [1.82, 2.24) is 0 Å². The Hall–Kier alpha value is -1.08. The van der Waals surface area contributed by atoms with Gasteiger partial charge in [-0.2, -0.15) is 0 Å². The summed E-state index contributed by atoms with van der Waals surface area (Å²) in [6.07, 6.45) is 2.25. The fraction of sp³-hybridized carbons (Fsp3) is 0.182. The number of allylic oxidation sites excluding steroid dienone is 1. The van der Waals surface area contributed by atoms with Crippen LogP contribution in [0.3, 0.4) is 0 Å². The molecular formula is C11H13O. The van der Waals surface area contributed by atoms with Crippen LogP contribution >= 0.6 is 0 Å². The number of rotatable bonds is 2.